The molecule has 2 aromatic rings. The number of nitrogens with two attached hydrogens (primary N) is 1. The molecule has 2 fully saturated rings. The monoisotopic (exact) mass is 527 g/mol. The summed E-state index contributed by atoms with van der Waals surface area (Å²) in [5.41, 5.74) is 3.72. The Morgan fingerprint density at radius 2 is 1.67 bits per heavy atom. The number of aromatic nitrogens is 1. The topological polar surface area (TPSA) is 129 Å². The summed E-state index contributed by atoms with van der Waals surface area (Å²) in [5, 5.41) is 13.3. The van der Waals surface area contributed by atoms with E-state index in [4.69, 9.17) is 5.73 Å². The number of primary amides is 1. The van der Waals surface area contributed by atoms with Gasteiger partial charge >= 0.3 is 6.18 Å². The molecule has 0 saturated carbocycles. The third-order valence-electron chi connectivity index (χ3n) is 6.79. The van der Waals surface area contributed by atoms with Crippen LogP contribution in [0.1, 0.15) is 31.2 Å². The number of nitrogens with one attached hydrogen (secondary N) is 1. The average molecular weight is 528 g/mol. The molecular weight excluding hydrogens is 499 g/mol. The normalized spacial score (nSPS) is 19.7. The molecule has 0 unspecified atom stereocenters. The van der Waals surface area contributed by atoms with E-state index in [0.717, 1.165) is 18.0 Å². The largest absolute Gasteiger partial charge is 0.417 e. The van der Waals surface area contributed by atoms with Crippen LogP contribution < -0.4 is 16.0 Å². The van der Waals surface area contributed by atoms with Crippen LogP contribution in [0, 0.1) is 0 Å². The van der Waals surface area contributed by atoms with Crippen LogP contribution in [0.15, 0.2) is 47.5 Å². The van der Waals surface area contributed by atoms with Crippen LogP contribution in [0.2, 0.25) is 0 Å². The summed E-state index contributed by atoms with van der Waals surface area (Å²) in [5.74, 6) is -0.426. The molecule has 196 valence electrons. The standard InChI is InChI=1S/C23H28F3N5O4S/c24-23(25,26)16-1-6-20(28-15-16)29-17-7-11-31(12-8-17)36(34,35)19-4-2-18(3-5-19)30-13-9-22(33,10-14-30)21(27)32/h1-6,15,17,33H,7-14H2,(H2,27,32)(H,28,29). The maximum absolute atomic E-state index is 13.1. The van der Waals surface area contributed by atoms with Gasteiger partial charge < -0.3 is 21.1 Å². The predicted octanol–water partition coefficient (Wildman–Crippen LogP) is 2.18. The maximum Gasteiger partial charge on any atom is 0.417 e. The fourth-order valence-electron chi connectivity index (χ4n) is 4.46. The van der Waals surface area contributed by atoms with E-state index in [2.05, 4.69) is 10.3 Å². The minimum Gasteiger partial charge on any atom is -0.380 e. The number of anilines is 2. The quantitative estimate of drug-likeness (QED) is 0.525. The number of pyridine rings is 1. The Labute approximate surface area is 207 Å². The van der Waals surface area contributed by atoms with Gasteiger partial charge in [-0.05, 0) is 49.2 Å². The number of halogens is 3. The van der Waals surface area contributed by atoms with E-state index in [-0.39, 0.29) is 36.9 Å². The highest BCUT2D eigenvalue weighted by atomic mass is 32.2. The Balaban J connectivity index is 1.32. The Bertz CT molecular complexity index is 1170. The number of amides is 1. The molecule has 2 aliphatic rings. The van der Waals surface area contributed by atoms with Gasteiger partial charge in [0.1, 0.15) is 11.4 Å². The molecule has 0 radical (unpaired) electrons. The first-order valence-electron chi connectivity index (χ1n) is 11.6. The van der Waals surface area contributed by atoms with Crippen LogP contribution in [-0.2, 0) is 21.0 Å². The summed E-state index contributed by atoms with van der Waals surface area (Å²) in [7, 11) is -3.71. The predicted molar refractivity (Wildman–Crippen MR) is 127 cm³/mol. The van der Waals surface area contributed by atoms with Crippen LogP contribution in [0.4, 0.5) is 24.7 Å². The van der Waals surface area contributed by atoms with Gasteiger partial charge in [0.15, 0.2) is 0 Å². The van der Waals surface area contributed by atoms with Gasteiger partial charge in [0.05, 0.1) is 10.5 Å². The second-order valence-corrected chi connectivity index (χ2v) is 11.1. The zero-order valence-corrected chi connectivity index (χ0v) is 20.2. The molecule has 36 heavy (non-hydrogen) atoms. The van der Waals surface area contributed by atoms with E-state index in [0.29, 0.717) is 31.7 Å². The molecule has 1 aromatic heterocycles. The van der Waals surface area contributed by atoms with Gasteiger partial charge in [0, 0.05) is 56.9 Å². The van der Waals surface area contributed by atoms with Crippen molar-refractivity contribution in [1.29, 1.82) is 0 Å². The van der Waals surface area contributed by atoms with Crippen molar-refractivity contribution in [3.8, 4) is 0 Å². The second-order valence-electron chi connectivity index (χ2n) is 9.13. The Morgan fingerprint density at radius 1 is 1.06 bits per heavy atom. The first-order chi connectivity index (χ1) is 16.9. The van der Waals surface area contributed by atoms with Crippen LogP contribution in [0.25, 0.3) is 0 Å². The minimum atomic E-state index is -4.45. The summed E-state index contributed by atoms with van der Waals surface area (Å²) in [6.07, 6.45) is -2.31. The number of aliphatic hydroxyl groups is 1. The van der Waals surface area contributed by atoms with Gasteiger partial charge in [-0.1, -0.05) is 0 Å². The number of benzene rings is 1. The average Bonchev–Trinajstić information content (AvgIpc) is 2.85. The molecular formula is C23H28F3N5O4S. The van der Waals surface area contributed by atoms with Crippen molar-refractivity contribution in [3.05, 3.63) is 48.2 Å². The molecule has 13 heteroatoms. The number of hydrogen-bond donors (Lipinski definition) is 3. The van der Waals surface area contributed by atoms with Gasteiger partial charge in [0.25, 0.3) is 0 Å². The van der Waals surface area contributed by atoms with E-state index >= 15 is 0 Å². The SMILES string of the molecule is NC(=O)C1(O)CCN(c2ccc(S(=O)(=O)N3CCC(Nc4ccc(C(F)(F)F)cn4)CC3)cc2)CC1. The van der Waals surface area contributed by atoms with E-state index in [1.807, 2.05) is 4.90 Å². The van der Waals surface area contributed by atoms with Gasteiger partial charge in [-0.3, -0.25) is 4.79 Å². The van der Waals surface area contributed by atoms with Gasteiger partial charge in [0.2, 0.25) is 15.9 Å². The smallest absolute Gasteiger partial charge is 0.380 e. The highest BCUT2D eigenvalue weighted by Crippen LogP contribution is 2.30. The zero-order valence-electron chi connectivity index (χ0n) is 19.4. The van der Waals surface area contributed by atoms with E-state index < -0.39 is 33.3 Å². The molecule has 2 saturated heterocycles. The third kappa shape index (κ3) is 5.57. The summed E-state index contributed by atoms with van der Waals surface area (Å²) < 4.78 is 65.7. The van der Waals surface area contributed by atoms with Gasteiger partial charge in [-0.25, -0.2) is 13.4 Å². The Morgan fingerprint density at radius 3 is 2.17 bits per heavy atom. The number of carbonyl (C=O) groups excluding carboxylic acids is 1. The van der Waals surface area contributed by atoms with Crippen molar-refractivity contribution in [2.45, 2.75) is 48.4 Å². The lowest BCUT2D eigenvalue weighted by Crippen LogP contribution is -2.52. The van der Waals surface area contributed by atoms with Crippen LogP contribution in [0.3, 0.4) is 0 Å². The van der Waals surface area contributed by atoms with Crippen LogP contribution >= 0.6 is 0 Å². The maximum atomic E-state index is 13.1. The van der Waals surface area contributed by atoms with E-state index in [9.17, 15) is 31.5 Å². The molecule has 0 atom stereocenters. The van der Waals surface area contributed by atoms with E-state index in [1.54, 1.807) is 12.1 Å². The number of piperidine rings is 2. The van der Waals surface area contributed by atoms with Crippen molar-refractivity contribution < 1.29 is 31.5 Å². The highest BCUT2D eigenvalue weighted by molar-refractivity contribution is 7.89. The van der Waals surface area contributed by atoms with Crippen molar-refractivity contribution in [2.24, 2.45) is 5.73 Å². The molecule has 4 N–H and O–H groups in total. The molecule has 3 heterocycles. The van der Waals surface area contributed by atoms with Crippen molar-refractivity contribution in [2.75, 3.05) is 36.4 Å². The number of hydrogen-bond acceptors (Lipinski definition) is 7. The Hall–Kier alpha value is -2.90. The number of carbonyl (C=O) groups is 1. The minimum absolute atomic E-state index is 0.110. The highest BCUT2D eigenvalue weighted by Gasteiger charge is 2.38. The Kier molecular flexibility index (Phi) is 7.17. The molecule has 0 spiro atoms. The summed E-state index contributed by atoms with van der Waals surface area (Å²) in [6.45, 7) is 1.36. The summed E-state index contributed by atoms with van der Waals surface area (Å²) in [6, 6.07) is 8.59. The molecule has 0 bridgehead atoms. The fourth-order valence-corrected chi connectivity index (χ4v) is 5.93. The lowest BCUT2D eigenvalue weighted by atomic mass is 9.90. The molecule has 0 aliphatic carbocycles. The first-order valence-corrected chi connectivity index (χ1v) is 13.0. The molecule has 2 aliphatic heterocycles. The van der Waals surface area contributed by atoms with Crippen molar-refractivity contribution in [1.82, 2.24) is 9.29 Å². The van der Waals surface area contributed by atoms with Gasteiger partial charge in [-0.2, -0.15) is 17.5 Å². The van der Waals surface area contributed by atoms with Gasteiger partial charge in [-0.15, -0.1) is 0 Å². The second kappa shape index (κ2) is 9.87. The lowest BCUT2D eigenvalue weighted by Gasteiger charge is -2.37. The van der Waals surface area contributed by atoms with E-state index in [1.165, 1.54) is 22.5 Å². The van der Waals surface area contributed by atoms with Crippen molar-refractivity contribution in [3.63, 3.8) is 0 Å². The zero-order chi connectivity index (χ0) is 26.1. The third-order valence-corrected chi connectivity index (χ3v) is 8.70. The molecule has 4 rings (SSSR count). The van der Waals surface area contributed by atoms with Crippen molar-refractivity contribution >= 4 is 27.4 Å². The lowest BCUT2D eigenvalue weighted by molar-refractivity contribution is -0.138. The molecule has 1 amide bonds. The number of sulfonamides is 1. The van der Waals surface area contributed by atoms with Crippen LogP contribution in [0.5, 0.6) is 0 Å². The molecule has 1 aromatic carbocycles. The molecule has 9 nitrogen and oxygen atoms in total. The number of alkyl halides is 3. The fraction of sp³-hybridized carbons (Fsp3) is 0.478. The number of nitrogens with zero attached hydrogens (tertiary/aromatic N) is 3. The first kappa shape index (κ1) is 26.2. The van der Waals surface area contributed by atoms with Crippen LogP contribution in [-0.4, -0.2) is 66.5 Å². The number of rotatable bonds is 6. The summed E-state index contributed by atoms with van der Waals surface area (Å²) in [4.78, 5) is 17.4. The summed E-state index contributed by atoms with van der Waals surface area (Å²) >= 11 is 0.